The Balaban J connectivity index is 2.11. The van der Waals surface area contributed by atoms with Crippen LogP contribution >= 0.6 is 0 Å². The second-order valence-corrected chi connectivity index (χ2v) is 4.25. The van der Waals surface area contributed by atoms with Crippen molar-refractivity contribution in [2.75, 3.05) is 0 Å². The fraction of sp³-hybridized carbons (Fsp3) is 0.125. The van der Waals surface area contributed by atoms with E-state index in [0.717, 1.165) is 5.56 Å². The number of ether oxygens (including phenoxy) is 1. The normalized spacial score (nSPS) is 14.8. The number of hydrogen-bond acceptors (Lipinski definition) is 3. The number of benzene rings is 1. The first kappa shape index (κ1) is 13.0. The Morgan fingerprint density at radius 1 is 1.21 bits per heavy atom. The maximum absolute atomic E-state index is 11.9. The Morgan fingerprint density at radius 2 is 1.89 bits per heavy atom. The molecule has 0 bridgehead atoms. The minimum atomic E-state index is -0.363. The van der Waals surface area contributed by atoms with Crippen LogP contribution in [0.1, 0.15) is 12.5 Å². The first-order chi connectivity index (χ1) is 9.09. The van der Waals surface area contributed by atoms with Gasteiger partial charge in [-0.25, -0.2) is 0 Å². The Kier molecular flexibility index (Phi) is 3.76. The van der Waals surface area contributed by atoms with Crippen molar-refractivity contribution in [2.24, 2.45) is 0 Å². The lowest BCUT2D eigenvalue weighted by Gasteiger charge is -2.16. The van der Waals surface area contributed by atoms with Crippen LogP contribution in [0.25, 0.3) is 0 Å². The molecule has 0 heterocycles. The summed E-state index contributed by atoms with van der Waals surface area (Å²) in [5, 5.41) is 0. The molecule has 0 aliphatic heterocycles. The fourth-order valence-electron chi connectivity index (χ4n) is 1.76. The molecule has 3 nitrogen and oxygen atoms in total. The van der Waals surface area contributed by atoms with Crippen LogP contribution in [0.5, 0.6) is 0 Å². The van der Waals surface area contributed by atoms with E-state index in [2.05, 4.69) is 6.58 Å². The molecule has 1 aliphatic carbocycles. The van der Waals surface area contributed by atoms with Crippen LogP contribution in [0.4, 0.5) is 0 Å². The van der Waals surface area contributed by atoms with Crippen LogP contribution in [0.2, 0.25) is 0 Å². The lowest BCUT2D eigenvalue weighted by atomic mass is 9.95. The summed E-state index contributed by atoms with van der Waals surface area (Å²) < 4.78 is 5.56. The summed E-state index contributed by atoms with van der Waals surface area (Å²) in [5.74, 6) is -0.207. The predicted octanol–water partition coefficient (Wildman–Crippen LogP) is 2.74. The maximum Gasteiger partial charge on any atom is 0.199 e. The highest BCUT2D eigenvalue weighted by Crippen LogP contribution is 2.22. The number of ketones is 2. The van der Waals surface area contributed by atoms with E-state index in [1.165, 1.54) is 13.0 Å². The molecule has 1 aromatic rings. The molecule has 0 spiro atoms. The van der Waals surface area contributed by atoms with E-state index in [1.54, 1.807) is 6.08 Å². The van der Waals surface area contributed by atoms with Crippen molar-refractivity contribution in [3.8, 4) is 0 Å². The van der Waals surface area contributed by atoms with Crippen LogP contribution < -0.4 is 0 Å². The number of rotatable bonds is 4. The summed E-state index contributed by atoms with van der Waals surface area (Å²) in [6.07, 6.45) is 3.10. The Bertz CT molecular complexity index is 592. The molecule has 0 saturated carbocycles. The Morgan fingerprint density at radius 3 is 2.53 bits per heavy atom. The molecule has 2 rings (SSSR count). The molecule has 0 N–H and O–H groups in total. The van der Waals surface area contributed by atoms with E-state index < -0.39 is 0 Å². The van der Waals surface area contributed by atoms with Gasteiger partial charge >= 0.3 is 0 Å². The summed E-state index contributed by atoms with van der Waals surface area (Å²) in [6, 6.07) is 9.63. The Hall–Kier alpha value is -2.42. The van der Waals surface area contributed by atoms with Crippen molar-refractivity contribution in [3.05, 3.63) is 71.5 Å². The van der Waals surface area contributed by atoms with Crippen molar-refractivity contribution in [1.29, 1.82) is 0 Å². The molecular formula is C16H14O3. The van der Waals surface area contributed by atoms with Gasteiger partial charge in [0.15, 0.2) is 11.6 Å². The molecule has 19 heavy (non-hydrogen) atoms. The number of allylic oxidation sites excluding steroid dienone is 4. The van der Waals surface area contributed by atoms with Crippen molar-refractivity contribution in [1.82, 2.24) is 0 Å². The highest BCUT2D eigenvalue weighted by Gasteiger charge is 2.24. The molecule has 1 aromatic carbocycles. The summed E-state index contributed by atoms with van der Waals surface area (Å²) in [5.41, 5.74) is 1.38. The van der Waals surface area contributed by atoms with Crippen molar-refractivity contribution in [3.63, 3.8) is 0 Å². The van der Waals surface area contributed by atoms with Crippen molar-refractivity contribution in [2.45, 2.75) is 13.5 Å². The van der Waals surface area contributed by atoms with Gasteiger partial charge in [-0.3, -0.25) is 9.59 Å². The van der Waals surface area contributed by atoms with Crippen LogP contribution in [-0.2, 0) is 20.9 Å². The number of Topliss-reactive ketones (excluding diaryl/α,β-unsaturated/α-hetero) is 2. The van der Waals surface area contributed by atoms with Crippen molar-refractivity contribution >= 4 is 11.6 Å². The highest BCUT2D eigenvalue weighted by atomic mass is 16.5. The first-order valence-electron chi connectivity index (χ1n) is 5.93. The third-order valence-corrected chi connectivity index (χ3v) is 2.83. The third-order valence-electron chi connectivity index (χ3n) is 2.83. The molecule has 0 saturated heterocycles. The molecule has 3 heteroatoms. The van der Waals surface area contributed by atoms with E-state index >= 15 is 0 Å². The van der Waals surface area contributed by atoms with E-state index in [-0.39, 0.29) is 22.7 Å². The summed E-state index contributed by atoms with van der Waals surface area (Å²) in [6.45, 7) is 5.41. The van der Waals surface area contributed by atoms with Gasteiger partial charge in [0.05, 0.1) is 11.1 Å². The topological polar surface area (TPSA) is 43.4 Å². The quantitative estimate of drug-likeness (QED) is 0.613. The van der Waals surface area contributed by atoms with Crippen molar-refractivity contribution < 1.29 is 14.3 Å². The molecule has 1 aliphatic rings. The summed E-state index contributed by atoms with van der Waals surface area (Å²) in [4.78, 5) is 23.1. The second-order valence-electron chi connectivity index (χ2n) is 4.25. The van der Waals surface area contributed by atoms with Gasteiger partial charge < -0.3 is 4.74 Å². The molecule has 96 valence electrons. The van der Waals surface area contributed by atoms with Crippen LogP contribution in [0.15, 0.2) is 66.0 Å². The predicted molar refractivity (Wildman–Crippen MR) is 72.2 cm³/mol. The van der Waals surface area contributed by atoms with Gasteiger partial charge in [-0.15, -0.1) is 0 Å². The lowest BCUT2D eigenvalue weighted by Crippen LogP contribution is -2.17. The van der Waals surface area contributed by atoms with Crippen LogP contribution in [0, 0.1) is 0 Å². The lowest BCUT2D eigenvalue weighted by molar-refractivity contribution is -0.118. The molecule has 0 unspecified atom stereocenters. The molecule has 0 atom stereocenters. The fourth-order valence-corrected chi connectivity index (χ4v) is 1.76. The standard InChI is InChI=1S/C16H14O3/c1-11-15(9-8-14(12(2)17)16(11)18)19-10-13-6-4-3-5-7-13/h3-9H,1,10H2,2H3. The van der Waals surface area contributed by atoms with Crippen LogP contribution in [-0.4, -0.2) is 11.6 Å². The van der Waals surface area contributed by atoms with E-state index in [1.807, 2.05) is 30.3 Å². The highest BCUT2D eigenvalue weighted by molar-refractivity contribution is 6.27. The monoisotopic (exact) mass is 254 g/mol. The Labute approximate surface area is 111 Å². The minimum Gasteiger partial charge on any atom is -0.488 e. The molecular weight excluding hydrogens is 240 g/mol. The smallest absolute Gasteiger partial charge is 0.199 e. The summed E-state index contributed by atoms with van der Waals surface area (Å²) in [7, 11) is 0. The van der Waals surface area contributed by atoms with E-state index in [9.17, 15) is 9.59 Å². The van der Waals surface area contributed by atoms with E-state index in [0.29, 0.717) is 12.4 Å². The van der Waals surface area contributed by atoms with Gasteiger partial charge in [0.25, 0.3) is 0 Å². The molecule has 0 amide bonds. The number of hydrogen-bond donors (Lipinski definition) is 0. The average Bonchev–Trinajstić information content (AvgIpc) is 2.41. The summed E-state index contributed by atoms with van der Waals surface area (Å²) >= 11 is 0. The molecule has 0 radical (unpaired) electrons. The SMILES string of the molecule is C=C1C(=O)C(C(C)=O)=CC=C1OCc1ccccc1. The van der Waals surface area contributed by atoms with E-state index in [4.69, 9.17) is 4.74 Å². The van der Waals surface area contributed by atoms with Gasteiger partial charge in [0.2, 0.25) is 0 Å². The van der Waals surface area contributed by atoms with Gasteiger partial charge in [0.1, 0.15) is 12.4 Å². The zero-order valence-electron chi connectivity index (χ0n) is 10.7. The van der Waals surface area contributed by atoms with Gasteiger partial charge in [-0.05, 0) is 24.6 Å². The number of carbonyl (C=O) groups is 2. The van der Waals surface area contributed by atoms with Gasteiger partial charge in [0, 0.05) is 0 Å². The van der Waals surface area contributed by atoms with Gasteiger partial charge in [-0.1, -0.05) is 36.9 Å². The third kappa shape index (κ3) is 2.88. The van der Waals surface area contributed by atoms with Crippen LogP contribution in [0.3, 0.4) is 0 Å². The van der Waals surface area contributed by atoms with Gasteiger partial charge in [-0.2, -0.15) is 0 Å². The average molecular weight is 254 g/mol. The zero-order chi connectivity index (χ0) is 13.8. The molecule has 0 aromatic heterocycles. The second kappa shape index (κ2) is 5.48. The largest absolute Gasteiger partial charge is 0.488 e. The molecule has 0 fully saturated rings. The maximum atomic E-state index is 11.9. The minimum absolute atomic E-state index is 0.150. The number of carbonyl (C=O) groups excluding carboxylic acids is 2. The first-order valence-corrected chi connectivity index (χ1v) is 5.93. The zero-order valence-corrected chi connectivity index (χ0v) is 10.7.